The van der Waals surface area contributed by atoms with E-state index in [1.165, 1.54) is 0 Å². The molecule has 0 unspecified atom stereocenters. The van der Waals surface area contributed by atoms with Crippen LogP contribution in [0.3, 0.4) is 0 Å². The molecule has 1 aromatic heterocycles. The molecule has 0 spiro atoms. The first-order valence-electron chi connectivity index (χ1n) is 9.50. The number of aliphatic carboxylic acids is 1. The lowest BCUT2D eigenvalue weighted by Crippen LogP contribution is -2.46. The molecule has 3 aliphatic rings. The summed E-state index contributed by atoms with van der Waals surface area (Å²) in [6.07, 6.45) is 8.62. The first-order chi connectivity index (χ1) is 12.1. The molecule has 7 nitrogen and oxygen atoms in total. The first kappa shape index (κ1) is 16.5. The summed E-state index contributed by atoms with van der Waals surface area (Å²) < 4.78 is 5.24. The van der Waals surface area contributed by atoms with Crippen LogP contribution in [0.4, 0.5) is 0 Å². The molecule has 2 aliphatic carbocycles. The van der Waals surface area contributed by atoms with Crippen molar-refractivity contribution in [1.29, 1.82) is 0 Å². The number of hydrogen-bond donors (Lipinski definition) is 1. The second kappa shape index (κ2) is 6.77. The highest BCUT2D eigenvalue weighted by Gasteiger charge is 2.47. The molecule has 4 rings (SSSR count). The maximum absolute atomic E-state index is 12.7. The van der Waals surface area contributed by atoms with Gasteiger partial charge in [0.05, 0.1) is 0 Å². The van der Waals surface area contributed by atoms with Crippen molar-refractivity contribution >= 4 is 11.9 Å². The lowest BCUT2D eigenvalue weighted by molar-refractivity contribution is -0.149. The fourth-order valence-corrected chi connectivity index (χ4v) is 4.44. The molecule has 2 saturated carbocycles. The molecule has 3 atom stereocenters. The Labute approximate surface area is 146 Å². The monoisotopic (exact) mass is 347 g/mol. The van der Waals surface area contributed by atoms with Crippen LogP contribution in [0.2, 0.25) is 0 Å². The van der Waals surface area contributed by atoms with E-state index < -0.39 is 12.0 Å². The van der Waals surface area contributed by atoms with Gasteiger partial charge in [-0.25, -0.2) is 4.79 Å². The molecule has 0 aromatic carbocycles. The van der Waals surface area contributed by atoms with Crippen LogP contribution in [-0.4, -0.2) is 44.1 Å². The fourth-order valence-electron chi connectivity index (χ4n) is 4.44. The van der Waals surface area contributed by atoms with Crippen LogP contribution < -0.4 is 0 Å². The predicted molar refractivity (Wildman–Crippen MR) is 87.8 cm³/mol. The van der Waals surface area contributed by atoms with Gasteiger partial charge in [0, 0.05) is 24.8 Å². The topological polar surface area (TPSA) is 96.5 Å². The molecule has 7 heteroatoms. The number of fused-ring (bicyclic) bond motifs is 1. The Hall–Kier alpha value is -1.92. The quantitative estimate of drug-likeness (QED) is 0.849. The van der Waals surface area contributed by atoms with Crippen LogP contribution in [0.15, 0.2) is 4.52 Å². The van der Waals surface area contributed by atoms with Crippen LogP contribution in [0.5, 0.6) is 0 Å². The zero-order chi connectivity index (χ0) is 17.4. The molecule has 3 fully saturated rings. The molecule has 136 valence electrons. The average Bonchev–Trinajstić information content (AvgIpc) is 3.21. The van der Waals surface area contributed by atoms with Gasteiger partial charge in [-0.1, -0.05) is 18.0 Å². The number of carboxylic acids is 1. The van der Waals surface area contributed by atoms with Gasteiger partial charge in [-0.3, -0.25) is 4.79 Å². The van der Waals surface area contributed by atoms with Crippen LogP contribution in [0, 0.1) is 5.92 Å². The van der Waals surface area contributed by atoms with Crippen molar-refractivity contribution < 1.29 is 19.2 Å². The van der Waals surface area contributed by atoms with Gasteiger partial charge in [0.15, 0.2) is 5.82 Å². The lowest BCUT2D eigenvalue weighted by atomic mass is 9.84. The third-order valence-corrected chi connectivity index (χ3v) is 5.87. The number of hydrogen-bond acceptors (Lipinski definition) is 5. The van der Waals surface area contributed by atoms with Gasteiger partial charge in [0.2, 0.25) is 11.8 Å². The van der Waals surface area contributed by atoms with E-state index in [2.05, 4.69) is 10.1 Å². The Balaban J connectivity index is 1.34. The van der Waals surface area contributed by atoms with Gasteiger partial charge in [-0.2, -0.15) is 4.98 Å². The van der Waals surface area contributed by atoms with Crippen LogP contribution in [0.1, 0.15) is 75.4 Å². The second-order valence-electron chi connectivity index (χ2n) is 7.68. The minimum atomic E-state index is -0.867. The highest BCUT2D eigenvalue weighted by molar-refractivity contribution is 5.84. The average molecular weight is 347 g/mol. The Morgan fingerprint density at radius 1 is 1.20 bits per heavy atom. The van der Waals surface area contributed by atoms with Gasteiger partial charge >= 0.3 is 5.97 Å². The van der Waals surface area contributed by atoms with Crippen LogP contribution >= 0.6 is 0 Å². The Morgan fingerprint density at radius 2 is 2.00 bits per heavy atom. The minimum Gasteiger partial charge on any atom is -0.480 e. The van der Waals surface area contributed by atoms with Gasteiger partial charge in [0.1, 0.15) is 6.04 Å². The van der Waals surface area contributed by atoms with E-state index in [1.54, 1.807) is 4.90 Å². The number of rotatable bonds is 6. The van der Waals surface area contributed by atoms with E-state index in [0.717, 1.165) is 44.3 Å². The molecule has 25 heavy (non-hydrogen) atoms. The Kier molecular flexibility index (Phi) is 4.48. The molecule has 1 saturated heterocycles. The van der Waals surface area contributed by atoms with E-state index in [9.17, 15) is 14.7 Å². The molecule has 1 amide bonds. The third kappa shape index (κ3) is 3.41. The van der Waals surface area contributed by atoms with E-state index in [1.807, 2.05) is 0 Å². The van der Waals surface area contributed by atoms with Crippen molar-refractivity contribution in [2.45, 2.75) is 82.2 Å². The highest BCUT2D eigenvalue weighted by Crippen LogP contribution is 2.40. The van der Waals surface area contributed by atoms with Crippen LogP contribution in [-0.2, 0) is 16.0 Å². The van der Waals surface area contributed by atoms with Gasteiger partial charge in [-0.05, 0) is 44.4 Å². The maximum Gasteiger partial charge on any atom is 0.326 e. The lowest BCUT2D eigenvalue weighted by Gasteiger charge is -2.33. The summed E-state index contributed by atoms with van der Waals surface area (Å²) in [4.78, 5) is 30.4. The van der Waals surface area contributed by atoms with Crippen molar-refractivity contribution in [2.24, 2.45) is 5.92 Å². The summed E-state index contributed by atoms with van der Waals surface area (Å²) >= 11 is 0. The third-order valence-electron chi connectivity index (χ3n) is 5.87. The largest absolute Gasteiger partial charge is 0.480 e. The number of carbonyl (C=O) groups excluding carboxylic acids is 1. The van der Waals surface area contributed by atoms with Crippen molar-refractivity contribution in [1.82, 2.24) is 15.0 Å². The Morgan fingerprint density at radius 3 is 2.76 bits per heavy atom. The number of likely N-dealkylation sites (tertiary alicyclic amines) is 1. The summed E-state index contributed by atoms with van der Waals surface area (Å²) in [6, 6.07) is -0.530. The van der Waals surface area contributed by atoms with Crippen LogP contribution in [0.25, 0.3) is 0 Å². The van der Waals surface area contributed by atoms with E-state index >= 15 is 0 Å². The Bertz CT molecular complexity index is 655. The number of aryl methyl sites for hydroxylation is 1. The molecule has 0 radical (unpaired) electrons. The molecule has 2 heterocycles. The normalized spacial score (nSPS) is 28.8. The number of carboxylic acid groups (broad SMARTS) is 1. The van der Waals surface area contributed by atoms with Crippen molar-refractivity contribution in [3.8, 4) is 0 Å². The minimum absolute atomic E-state index is 0.0382. The van der Waals surface area contributed by atoms with E-state index in [0.29, 0.717) is 43.4 Å². The smallest absolute Gasteiger partial charge is 0.326 e. The number of amides is 1. The molecular weight excluding hydrogens is 322 g/mol. The van der Waals surface area contributed by atoms with Gasteiger partial charge < -0.3 is 14.5 Å². The summed E-state index contributed by atoms with van der Waals surface area (Å²) in [5, 5.41) is 13.5. The zero-order valence-electron chi connectivity index (χ0n) is 14.4. The van der Waals surface area contributed by atoms with Crippen molar-refractivity contribution in [3.05, 3.63) is 11.7 Å². The molecule has 1 aliphatic heterocycles. The summed E-state index contributed by atoms with van der Waals surface area (Å²) in [6.45, 7) is 0. The predicted octanol–water partition coefficient (Wildman–Crippen LogP) is 2.51. The number of aromatic nitrogens is 2. The standard InChI is InChI=1S/C18H25N3O4/c22-16(7-3-6-15-19-17(20-25-15)11-8-9-11)21-13-5-2-1-4-12(13)10-14(21)18(23)24/h11-14H,1-10H2,(H,23,24)/t12-,13-,14-/m0/s1. The number of carbonyl (C=O) groups is 2. The van der Waals surface area contributed by atoms with Crippen molar-refractivity contribution in [2.75, 3.05) is 0 Å². The van der Waals surface area contributed by atoms with E-state index in [4.69, 9.17) is 4.52 Å². The van der Waals surface area contributed by atoms with Gasteiger partial charge in [0.25, 0.3) is 0 Å². The van der Waals surface area contributed by atoms with Gasteiger partial charge in [-0.15, -0.1) is 0 Å². The molecule has 1 aromatic rings. The summed E-state index contributed by atoms with van der Waals surface area (Å²) in [5.41, 5.74) is 0. The first-order valence-corrected chi connectivity index (χ1v) is 9.50. The number of nitrogens with zero attached hydrogens (tertiary/aromatic N) is 3. The fraction of sp³-hybridized carbons (Fsp3) is 0.778. The molecule has 0 bridgehead atoms. The second-order valence-corrected chi connectivity index (χ2v) is 7.68. The summed E-state index contributed by atoms with van der Waals surface area (Å²) in [5.74, 6) is 1.29. The van der Waals surface area contributed by atoms with E-state index in [-0.39, 0.29) is 11.9 Å². The molecular formula is C18H25N3O4. The SMILES string of the molecule is O=C(O)[C@@H]1C[C@@H]2CCCC[C@@H]2N1C(=O)CCCc1nc(C2CC2)no1. The molecule has 1 N–H and O–H groups in total. The highest BCUT2D eigenvalue weighted by atomic mass is 16.5. The maximum atomic E-state index is 12.7. The summed E-state index contributed by atoms with van der Waals surface area (Å²) in [7, 11) is 0. The van der Waals surface area contributed by atoms with Crippen molar-refractivity contribution in [3.63, 3.8) is 0 Å². The zero-order valence-corrected chi connectivity index (χ0v) is 14.4.